The molecule has 0 fully saturated rings. The molecule has 1 unspecified atom stereocenters. The summed E-state index contributed by atoms with van der Waals surface area (Å²) < 4.78 is 38.9. The van der Waals surface area contributed by atoms with Crippen LogP contribution in [-0.2, 0) is 11.0 Å². The van der Waals surface area contributed by atoms with E-state index < -0.39 is 29.6 Å². The fraction of sp³-hybridized carbons (Fsp3) is 0.250. The van der Waals surface area contributed by atoms with Crippen molar-refractivity contribution in [3.05, 3.63) is 59.2 Å². The molecule has 2 rings (SSSR count). The van der Waals surface area contributed by atoms with Gasteiger partial charge in [0.25, 0.3) is 0 Å². The maximum Gasteiger partial charge on any atom is 0.416 e. The van der Waals surface area contributed by atoms with Gasteiger partial charge >= 0.3 is 12.2 Å². The molecule has 2 aromatic heterocycles. The van der Waals surface area contributed by atoms with Crippen molar-refractivity contribution >= 4 is 11.9 Å². The third-order valence-electron chi connectivity index (χ3n) is 3.49. The van der Waals surface area contributed by atoms with Crippen LogP contribution in [0.25, 0.3) is 0 Å². The highest BCUT2D eigenvalue weighted by Gasteiger charge is 2.33. The highest BCUT2D eigenvalue weighted by Crippen LogP contribution is 2.32. The molecule has 0 aliphatic carbocycles. The van der Waals surface area contributed by atoms with Gasteiger partial charge in [0.15, 0.2) is 0 Å². The number of hydrogen-bond acceptors (Lipinski definition) is 4. The normalized spacial score (nSPS) is 12.4. The highest BCUT2D eigenvalue weighted by molar-refractivity contribution is 5.99. The van der Waals surface area contributed by atoms with Crippen LogP contribution in [0.5, 0.6) is 0 Å². The Kier molecular flexibility index (Phi) is 5.35. The Bertz CT molecular complexity index is 793. The number of nitrogens with one attached hydrogen (secondary N) is 2. The van der Waals surface area contributed by atoms with Crippen LogP contribution < -0.4 is 10.6 Å². The largest absolute Gasteiger partial charge is 0.416 e. The van der Waals surface area contributed by atoms with Gasteiger partial charge in [-0.05, 0) is 30.7 Å². The summed E-state index contributed by atoms with van der Waals surface area (Å²) in [6.07, 6.45) is -2.11. The van der Waals surface area contributed by atoms with Crippen molar-refractivity contribution in [2.75, 3.05) is 7.05 Å². The molecule has 2 N–H and O–H groups in total. The van der Waals surface area contributed by atoms with Gasteiger partial charge in [-0.3, -0.25) is 20.1 Å². The predicted octanol–water partition coefficient (Wildman–Crippen LogP) is 2.39. The van der Waals surface area contributed by atoms with Crippen molar-refractivity contribution in [2.45, 2.75) is 19.0 Å². The van der Waals surface area contributed by atoms with Crippen LogP contribution in [0.3, 0.4) is 0 Å². The number of carbonyl (C=O) groups is 2. The monoisotopic (exact) mass is 352 g/mol. The summed E-state index contributed by atoms with van der Waals surface area (Å²) in [4.78, 5) is 31.9. The number of urea groups is 1. The lowest BCUT2D eigenvalue weighted by Crippen LogP contribution is -2.40. The number of nitrogens with zero attached hydrogens (tertiary/aromatic N) is 2. The first-order valence-corrected chi connectivity index (χ1v) is 7.21. The van der Waals surface area contributed by atoms with Crippen LogP contribution in [0.15, 0.2) is 36.7 Å². The summed E-state index contributed by atoms with van der Waals surface area (Å²) in [5.74, 6) is -2.02. The topological polar surface area (TPSA) is 84.0 Å². The third kappa shape index (κ3) is 4.31. The van der Waals surface area contributed by atoms with Crippen LogP contribution in [0.1, 0.15) is 28.4 Å². The maximum absolute atomic E-state index is 13.0. The molecule has 0 spiro atoms. The fourth-order valence-electron chi connectivity index (χ4n) is 2.27. The quantitative estimate of drug-likeness (QED) is 0.888. The van der Waals surface area contributed by atoms with E-state index in [0.29, 0.717) is 11.3 Å². The van der Waals surface area contributed by atoms with E-state index in [1.807, 2.05) is 0 Å². The number of pyridine rings is 2. The summed E-state index contributed by atoms with van der Waals surface area (Å²) in [5, 5.41) is 4.29. The number of aryl methyl sites for hydroxylation is 1. The van der Waals surface area contributed by atoms with Gasteiger partial charge in [0.2, 0.25) is 5.91 Å². The van der Waals surface area contributed by atoms with Crippen molar-refractivity contribution < 1.29 is 22.8 Å². The van der Waals surface area contributed by atoms with Crippen LogP contribution in [-0.4, -0.2) is 29.0 Å². The van der Waals surface area contributed by atoms with Gasteiger partial charge in [-0.25, -0.2) is 4.79 Å². The SMILES string of the molecule is CNC(=O)NC(=O)C(c1cc(C(F)(F)F)ccn1)c1cccnc1C. The van der Waals surface area contributed by atoms with E-state index in [1.165, 1.54) is 13.2 Å². The van der Waals surface area contributed by atoms with Gasteiger partial charge in [-0.15, -0.1) is 0 Å². The summed E-state index contributed by atoms with van der Waals surface area (Å²) in [5.41, 5.74) is -0.265. The Morgan fingerprint density at radius 1 is 1.16 bits per heavy atom. The summed E-state index contributed by atoms with van der Waals surface area (Å²) in [7, 11) is 1.31. The molecular weight excluding hydrogens is 337 g/mol. The van der Waals surface area contributed by atoms with Gasteiger partial charge in [0.1, 0.15) is 5.92 Å². The number of imide groups is 1. The Hall–Kier alpha value is -2.97. The first-order valence-electron chi connectivity index (χ1n) is 7.21. The zero-order chi connectivity index (χ0) is 18.6. The molecular formula is C16H15F3N4O2. The average Bonchev–Trinajstić information content (AvgIpc) is 2.56. The van der Waals surface area contributed by atoms with Crippen LogP contribution >= 0.6 is 0 Å². The second-order valence-corrected chi connectivity index (χ2v) is 5.15. The minimum Gasteiger partial charge on any atom is -0.341 e. The molecule has 6 nitrogen and oxygen atoms in total. The third-order valence-corrected chi connectivity index (χ3v) is 3.49. The van der Waals surface area contributed by atoms with E-state index in [4.69, 9.17) is 0 Å². The molecule has 0 aliphatic heterocycles. The number of rotatable bonds is 3. The molecule has 0 saturated carbocycles. The smallest absolute Gasteiger partial charge is 0.341 e. The Morgan fingerprint density at radius 2 is 1.88 bits per heavy atom. The number of carbonyl (C=O) groups excluding carboxylic acids is 2. The Morgan fingerprint density at radius 3 is 2.48 bits per heavy atom. The van der Waals surface area contributed by atoms with Gasteiger partial charge in [-0.1, -0.05) is 6.07 Å². The second kappa shape index (κ2) is 7.29. The zero-order valence-electron chi connectivity index (χ0n) is 13.4. The van der Waals surface area contributed by atoms with Gasteiger partial charge in [-0.2, -0.15) is 13.2 Å². The van der Waals surface area contributed by atoms with Crippen molar-refractivity contribution in [1.29, 1.82) is 0 Å². The molecule has 0 aliphatic rings. The predicted molar refractivity (Wildman–Crippen MR) is 82.7 cm³/mol. The first kappa shape index (κ1) is 18.4. The summed E-state index contributed by atoms with van der Waals surface area (Å²) in [6.45, 7) is 1.61. The fourth-order valence-corrected chi connectivity index (χ4v) is 2.27. The first-order chi connectivity index (χ1) is 11.7. The summed E-state index contributed by atoms with van der Waals surface area (Å²) in [6, 6.07) is 3.94. The van der Waals surface area contributed by atoms with Gasteiger partial charge < -0.3 is 5.32 Å². The van der Waals surface area contributed by atoms with Gasteiger partial charge in [0, 0.05) is 25.1 Å². The lowest BCUT2D eigenvalue weighted by molar-refractivity contribution is -0.137. The van der Waals surface area contributed by atoms with Crippen molar-refractivity contribution in [3.8, 4) is 0 Å². The van der Waals surface area contributed by atoms with E-state index in [0.717, 1.165) is 18.3 Å². The van der Waals surface area contributed by atoms with E-state index in [-0.39, 0.29) is 5.69 Å². The molecule has 9 heteroatoms. The molecule has 132 valence electrons. The van der Waals surface area contributed by atoms with E-state index in [2.05, 4.69) is 20.6 Å². The van der Waals surface area contributed by atoms with Crippen LogP contribution in [0.2, 0.25) is 0 Å². The lowest BCUT2D eigenvalue weighted by atomic mass is 9.92. The summed E-state index contributed by atoms with van der Waals surface area (Å²) >= 11 is 0. The Labute approximate surface area is 141 Å². The van der Waals surface area contributed by atoms with Crippen molar-refractivity contribution in [1.82, 2.24) is 20.6 Å². The van der Waals surface area contributed by atoms with Crippen LogP contribution in [0, 0.1) is 6.92 Å². The lowest BCUT2D eigenvalue weighted by Gasteiger charge is -2.18. The average molecular weight is 352 g/mol. The molecule has 2 heterocycles. The van der Waals surface area contributed by atoms with Crippen molar-refractivity contribution in [2.24, 2.45) is 0 Å². The van der Waals surface area contributed by atoms with Crippen LogP contribution in [0.4, 0.5) is 18.0 Å². The number of aromatic nitrogens is 2. The number of hydrogen-bond donors (Lipinski definition) is 2. The number of alkyl halides is 3. The number of halogens is 3. The molecule has 1 atom stereocenters. The number of amides is 3. The van der Waals surface area contributed by atoms with E-state index in [9.17, 15) is 22.8 Å². The molecule has 3 amide bonds. The molecule has 0 aromatic carbocycles. The minimum absolute atomic E-state index is 0.132. The van der Waals surface area contributed by atoms with Gasteiger partial charge in [0.05, 0.1) is 11.3 Å². The molecule has 0 bridgehead atoms. The van der Waals surface area contributed by atoms with E-state index >= 15 is 0 Å². The molecule has 25 heavy (non-hydrogen) atoms. The standard InChI is InChI=1S/C16H15F3N4O2/c1-9-11(4-3-6-21-9)13(14(24)23-15(25)20-2)12-8-10(5-7-22-12)16(17,18)19/h3-8,13H,1-2H3,(H2,20,23,24,25). The Balaban J connectivity index is 2.54. The highest BCUT2D eigenvalue weighted by atomic mass is 19.4. The molecule has 0 saturated heterocycles. The molecule has 0 radical (unpaired) electrons. The van der Waals surface area contributed by atoms with E-state index in [1.54, 1.807) is 19.1 Å². The zero-order valence-corrected chi connectivity index (χ0v) is 13.4. The van der Waals surface area contributed by atoms with Crippen molar-refractivity contribution in [3.63, 3.8) is 0 Å². The second-order valence-electron chi connectivity index (χ2n) is 5.15. The maximum atomic E-state index is 13.0. The molecule has 2 aromatic rings. The minimum atomic E-state index is -4.58.